The molecule has 2 heteroatoms. The zero-order chi connectivity index (χ0) is 11.1. The SMILES string of the molecule is CC(C)(CCCO)CNCC1CCCC1. The first kappa shape index (κ1) is 13.0. The maximum absolute atomic E-state index is 8.81. The predicted molar refractivity (Wildman–Crippen MR) is 64.9 cm³/mol. The van der Waals surface area contributed by atoms with Gasteiger partial charge >= 0.3 is 0 Å². The molecule has 0 aromatic heterocycles. The molecule has 1 aliphatic rings. The first-order valence-electron chi connectivity index (χ1n) is 6.46. The summed E-state index contributed by atoms with van der Waals surface area (Å²) < 4.78 is 0. The van der Waals surface area contributed by atoms with Crippen molar-refractivity contribution in [2.24, 2.45) is 11.3 Å². The van der Waals surface area contributed by atoms with Gasteiger partial charge in [-0.3, -0.25) is 0 Å². The second kappa shape index (κ2) is 6.49. The van der Waals surface area contributed by atoms with Crippen molar-refractivity contribution in [2.75, 3.05) is 19.7 Å². The zero-order valence-electron chi connectivity index (χ0n) is 10.4. The van der Waals surface area contributed by atoms with E-state index in [-0.39, 0.29) is 0 Å². The summed E-state index contributed by atoms with van der Waals surface area (Å²) in [6.45, 7) is 7.17. The highest BCUT2D eigenvalue weighted by Gasteiger charge is 2.19. The van der Waals surface area contributed by atoms with Crippen LogP contribution in [0.2, 0.25) is 0 Å². The van der Waals surface area contributed by atoms with Crippen molar-refractivity contribution in [2.45, 2.75) is 52.4 Å². The number of rotatable bonds is 7. The Hall–Kier alpha value is -0.0800. The van der Waals surface area contributed by atoms with E-state index in [1.807, 2.05) is 0 Å². The van der Waals surface area contributed by atoms with Crippen molar-refractivity contribution < 1.29 is 5.11 Å². The minimum atomic E-state index is 0.325. The molecule has 0 unspecified atom stereocenters. The van der Waals surface area contributed by atoms with Gasteiger partial charge in [0.15, 0.2) is 0 Å². The Morgan fingerprint density at radius 1 is 1.27 bits per heavy atom. The molecule has 2 nitrogen and oxygen atoms in total. The van der Waals surface area contributed by atoms with Gasteiger partial charge in [0.05, 0.1) is 0 Å². The monoisotopic (exact) mass is 213 g/mol. The molecule has 2 N–H and O–H groups in total. The van der Waals surface area contributed by atoms with Crippen LogP contribution in [-0.4, -0.2) is 24.8 Å². The molecule has 1 fully saturated rings. The van der Waals surface area contributed by atoms with Crippen LogP contribution in [0.25, 0.3) is 0 Å². The summed E-state index contributed by atoms with van der Waals surface area (Å²) in [7, 11) is 0. The summed E-state index contributed by atoms with van der Waals surface area (Å²) in [6, 6.07) is 0. The maximum Gasteiger partial charge on any atom is 0.0431 e. The Morgan fingerprint density at radius 3 is 2.53 bits per heavy atom. The average Bonchev–Trinajstić information content (AvgIpc) is 2.67. The fraction of sp³-hybridized carbons (Fsp3) is 1.00. The molecule has 0 aromatic carbocycles. The summed E-state index contributed by atoms with van der Waals surface area (Å²) >= 11 is 0. The smallest absolute Gasteiger partial charge is 0.0431 e. The minimum absolute atomic E-state index is 0.325. The van der Waals surface area contributed by atoms with Gasteiger partial charge in [-0.25, -0.2) is 0 Å². The number of nitrogens with one attached hydrogen (secondary N) is 1. The lowest BCUT2D eigenvalue weighted by molar-refractivity contribution is 0.234. The molecule has 0 amide bonds. The molecule has 0 aliphatic heterocycles. The Bertz CT molecular complexity index is 162. The van der Waals surface area contributed by atoms with Crippen LogP contribution in [0.1, 0.15) is 52.4 Å². The molecular formula is C13H27NO. The lowest BCUT2D eigenvalue weighted by Gasteiger charge is -2.25. The number of aliphatic hydroxyl groups is 1. The second-order valence-electron chi connectivity index (χ2n) is 5.77. The van der Waals surface area contributed by atoms with Gasteiger partial charge in [-0.05, 0) is 43.6 Å². The van der Waals surface area contributed by atoms with Gasteiger partial charge in [-0.1, -0.05) is 26.7 Å². The molecule has 0 saturated heterocycles. The van der Waals surface area contributed by atoms with Crippen molar-refractivity contribution in [1.82, 2.24) is 5.32 Å². The third-order valence-electron chi connectivity index (χ3n) is 3.52. The van der Waals surface area contributed by atoms with Crippen LogP contribution >= 0.6 is 0 Å². The van der Waals surface area contributed by atoms with E-state index in [1.165, 1.54) is 32.2 Å². The van der Waals surface area contributed by atoms with Crippen LogP contribution in [0.5, 0.6) is 0 Å². The van der Waals surface area contributed by atoms with E-state index in [0.717, 1.165) is 25.3 Å². The van der Waals surface area contributed by atoms with Crippen LogP contribution in [-0.2, 0) is 0 Å². The van der Waals surface area contributed by atoms with Crippen LogP contribution in [0.15, 0.2) is 0 Å². The molecule has 0 aromatic rings. The largest absolute Gasteiger partial charge is 0.396 e. The summed E-state index contributed by atoms with van der Waals surface area (Å²) in [6.07, 6.45) is 7.74. The summed E-state index contributed by atoms with van der Waals surface area (Å²) in [5, 5.41) is 12.4. The number of aliphatic hydroxyl groups excluding tert-OH is 1. The summed E-state index contributed by atoms with van der Waals surface area (Å²) in [5.41, 5.74) is 0.335. The third kappa shape index (κ3) is 5.53. The maximum atomic E-state index is 8.81. The van der Waals surface area contributed by atoms with Crippen LogP contribution in [0.3, 0.4) is 0 Å². The Labute approximate surface area is 94.5 Å². The van der Waals surface area contributed by atoms with Crippen molar-refractivity contribution in [3.63, 3.8) is 0 Å². The Balaban J connectivity index is 2.06. The topological polar surface area (TPSA) is 32.3 Å². The van der Waals surface area contributed by atoms with Crippen molar-refractivity contribution in [1.29, 1.82) is 0 Å². The lowest BCUT2D eigenvalue weighted by atomic mass is 9.88. The standard InChI is InChI=1S/C13H27NO/c1-13(2,8-5-9-15)11-14-10-12-6-3-4-7-12/h12,14-15H,3-11H2,1-2H3. The van der Waals surface area contributed by atoms with E-state index < -0.39 is 0 Å². The van der Waals surface area contributed by atoms with Crippen LogP contribution < -0.4 is 5.32 Å². The van der Waals surface area contributed by atoms with Gasteiger partial charge in [0.25, 0.3) is 0 Å². The number of hydrogen-bond donors (Lipinski definition) is 2. The van der Waals surface area contributed by atoms with Crippen LogP contribution in [0, 0.1) is 11.3 Å². The Morgan fingerprint density at radius 2 is 1.93 bits per heavy atom. The van der Waals surface area contributed by atoms with Gasteiger partial charge in [0, 0.05) is 13.2 Å². The molecule has 1 rings (SSSR count). The lowest BCUT2D eigenvalue weighted by Crippen LogP contribution is -2.32. The van der Waals surface area contributed by atoms with Gasteiger partial charge in [-0.15, -0.1) is 0 Å². The molecule has 0 heterocycles. The molecular weight excluding hydrogens is 186 g/mol. The molecule has 0 bridgehead atoms. The van der Waals surface area contributed by atoms with E-state index in [9.17, 15) is 0 Å². The second-order valence-corrected chi connectivity index (χ2v) is 5.77. The first-order chi connectivity index (χ1) is 7.14. The fourth-order valence-corrected chi connectivity index (χ4v) is 2.48. The highest BCUT2D eigenvalue weighted by Crippen LogP contribution is 2.25. The minimum Gasteiger partial charge on any atom is -0.396 e. The summed E-state index contributed by atoms with van der Waals surface area (Å²) in [5.74, 6) is 0.929. The molecule has 0 radical (unpaired) electrons. The predicted octanol–water partition coefficient (Wildman–Crippen LogP) is 2.56. The normalized spacial score (nSPS) is 18.6. The van der Waals surface area contributed by atoms with E-state index in [1.54, 1.807) is 0 Å². The molecule has 0 spiro atoms. The van der Waals surface area contributed by atoms with Crippen molar-refractivity contribution in [3.05, 3.63) is 0 Å². The van der Waals surface area contributed by atoms with E-state index in [0.29, 0.717) is 12.0 Å². The van der Waals surface area contributed by atoms with E-state index in [4.69, 9.17) is 5.11 Å². The van der Waals surface area contributed by atoms with Gasteiger partial charge < -0.3 is 10.4 Å². The average molecular weight is 213 g/mol. The van der Waals surface area contributed by atoms with E-state index in [2.05, 4.69) is 19.2 Å². The molecule has 1 saturated carbocycles. The van der Waals surface area contributed by atoms with Gasteiger partial charge in [-0.2, -0.15) is 0 Å². The third-order valence-corrected chi connectivity index (χ3v) is 3.52. The van der Waals surface area contributed by atoms with Crippen molar-refractivity contribution in [3.8, 4) is 0 Å². The summed E-state index contributed by atoms with van der Waals surface area (Å²) in [4.78, 5) is 0. The zero-order valence-corrected chi connectivity index (χ0v) is 10.4. The first-order valence-corrected chi connectivity index (χ1v) is 6.46. The van der Waals surface area contributed by atoms with Crippen molar-refractivity contribution >= 4 is 0 Å². The van der Waals surface area contributed by atoms with E-state index >= 15 is 0 Å². The highest BCUT2D eigenvalue weighted by molar-refractivity contribution is 4.74. The quantitative estimate of drug-likeness (QED) is 0.681. The number of hydrogen-bond acceptors (Lipinski definition) is 2. The molecule has 1 aliphatic carbocycles. The fourth-order valence-electron chi connectivity index (χ4n) is 2.48. The molecule has 90 valence electrons. The highest BCUT2D eigenvalue weighted by atomic mass is 16.2. The molecule has 15 heavy (non-hydrogen) atoms. The van der Waals surface area contributed by atoms with Gasteiger partial charge in [0.2, 0.25) is 0 Å². The Kier molecular flexibility index (Phi) is 5.62. The van der Waals surface area contributed by atoms with Gasteiger partial charge in [0.1, 0.15) is 0 Å². The van der Waals surface area contributed by atoms with Crippen LogP contribution in [0.4, 0.5) is 0 Å². The molecule has 0 atom stereocenters.